The van der Waals surface area contributed by atoms with Crippen LogP contribution in [-0.4, -0.2) is 29.3 Å². The van der Waals surface area contributed by atoms with Crippen molar-refractivity contribution >= 4 is 23.5 Å². The molecule has 1 aliphatic rings. The van der Waals surface area contributed by atoms with Gasteiger partial charge in [-0.3, -0.25) is 14.5 Å². The van der Waals surface area contributed by atoms with Gasteiger partial charge in [-0.2, -0.15) is 5.26 Å². The van der Waals surface area contributed by atoms with Gasteiger partial charge in [0.05, 0.1) is 17.3 Å². The van der Waals surface area contributed by atoms with Crippen molar-refractivity contribution in [3.63, 3.8) is 0 Å². The van der Waals surface area contributed by atoms with Crippen molar-refractivity contribution in [2.75, 3.05) is 11.9 Å². The predicted molar refractivity (Wildman–Crippen MR) is 125 cm³/mol. The normalized spacial score (nSPS) is 17.1. The van der Waals surface area contributed by atoms with Crippen molar-refractivity contribution in [3.05, 3.63) is 89.5 Å². The SMILES string of the molecule is Cc1ccc(Oc2ccccc2NC(=O)CN2C(=O)NC(C)(c3ccc(C#N)cc3)C2=O)cc1. The van der Waals surface area contributed by atoms with E-state index in [1.54, 1.807) is 55.5 Å². The monoisotopic (exact) mass is 454 g/mol. The van der Waals surface area contributed by atoms with Crippen LogP contribution in [0.1, 0.15) is 23.6 Å². The van der Waals surface area contributed by atoms with Crippen molar-refractivity contribution in [1.29, 1.82) is 5.26 Å². The Labute approximate surface area is 196 Å². The van der Waals surface area contributed by atoms with E-state index in [-0.39, 0.29) is 0 Å². The molecule has 0 spiro atoms. The predicted octanol–water partition coefficient (Wildman–Crippen LogP) is 4.06. The van der Waals surface area contributed by atoms with Gasteiger partial charge in [0.15, 0.2) is 5.75 Å². The van der Waals surface area contributed by atoms with Crippen molar-refractivity contribution in [1.82, 2.24) is 10.2 Å². The number of urea groups is 1. The molecule has 0 radical (unpaired) electrons. The summed E-state index contributed by atoms with van der Waals surface area (Å²) in [6.07, 6.45) is 0. The second-order valence-corrected chi connectivity index (χ2v) is 8.10. The molecule has 8 nitrogen and oxygen atoms in total. The first-order valence-electron chi connectivity index (χ1n) is 10.6. The lowest BCUT2D eigenvalue weighted by molar-refractivity contribution is -0.133. The number of nitrogens with zero attached hydrogens (tertiary/aromatic N) is 2. The molecule has 4 amide bonds. The van der Waals surface area contributed by atoms with E-state index in [1.807, 2.05) is 37.3 Å². The van der Waals surface area contributed by atoms with Gasteiger partial charge >= 0.3 is 6.03 Å². The van der Waals surface area contributed by atoms with Crippen LogP contribution in [0.15, 0.2) is 72.8 Å². The second kappa shape index (κ2) is 9.08. The number of carbonyl (C=O) groups is 3. The van der Waals surface area contributed by atoms with Crippen LogP contribution in [-0.2, 0) is 15.1 Å². The number of hydrogen-bond donors (Lipinski definition) is 2. The Bertz CT molecular complexity index is 1300. The van der Waals surface area contributed by atoms with Gasteiger partial charge in [-0.15, -0.1) is 0 Å². The van der Waals surface area contributed by atoms with Crippen LogP contribution in [0.5, 0.6) is 11.5 Å². The lowest BCUT2D eigenvalue weighted by Crippen LogP contribution is -2.42. The van der Waals surface area contributed by atoms with Crippen LogP contribution in [0.2, 0.25) is 0 Å². The number of anilines is 1. The molecule has 1 saturated heterocycles. The fourth-order valence-corrected chi connectivity index (χ4v) is 3.64. The summed E-state index contributed by atoms with van der Waals surface area (Å²) in [6, 6.07) is 22.1. The molecule has 2 N–H and O–H groups in total. The molecule has 0 aromatic heterocycles. The number of imide groups is 1. The molecule has 1 unspecified atom stereocenters. The fourth-order valence-electron chi connectivity index (χ4n) is 3.64. The van der Waals surface area contributed by atoms with Gasteiger partial charge in [0.25, 0.3) is 5.91 Å². The number of nitriles is 1. The molecule has 3 aromatic carbocycles. The molecule has 4 rings (SSSR count). The number of carbonyl (C=O) groups excluding carboxylic acids is 3. The number of benzene rings is 3. The summed E-state index contributed by atoms with van der Waals surface area (Å²) in [5, 5.41) is 14.3. The molecule has 170 valence electrons. The minimum absolute atomic E-state index is 0.412. The third-order valence-electron chi connectivity index (χ3n) is 5.58. The summed E-state index contributed by atoms with van der Waals surface area (Å²) in [5.41, 5.74) is 1.12. The fraction of sp³-hybridized carbons (Fsp3) is 0.154. The average Bonchev–Trinajstić information content (AvgIpc) is 3.05. The Morgan fingerprint density at radius 2 is 1.74 bits per heavy atom. The molecule has 34 heavy (non-hydrogen) atoms. The van der Waals surface area contributed by atoms with E-state index in [2.05, 4.69) is 10.6 Å². The largest absolute Gasteiger partial charge is 0.455 e. The third kappa shape index (κ3) is 4.45. The molecule has 1 heterocycles. The minimum Gasteiger partial charge on any atom is -0.455 e. The number of amides is 4. The summed E-state index contributed by atoms with van der Waals surface area (Å²) >= 11 is 0. The lowest BCUT2D eigenvalue weighted by Gasteiger charge is -2.22. The van der Waals surface area contributed by atoms with Gasteiger partial charge in [0, 0.05) is 0 Å². The van der Waals surface area contributed by atoms with E-state index in [1.165, 1.54) is 0 Å². The number of aryl methyl sites for hydroxylation is 1. The summed E-state index contributed by atoms with van der Waals surface area (Å²) in [7, 11) is 0. The Kier molecular flexibility index (Phi) is 6.02. The smallest absolute Gasteiger partial charge is 0.325 e. The molecule has 1 atom stereocenters. The number of rotatable bonds is 6. The van der Waals surface area contributed by atoms with Crippen molar-refractivity contribution in [3.8, 4) is 17.6 Å². The third-order valence-corrected chi connectivity index (χ3v) is 5.58. The molecule has 8 heteroatoms. The van der Waals surface area contributed by atoms with Gasteiger partial charge in [0.2, 0.25) is 5.91 Å². The van der Waals surface area contributed by atoms with Crippen LogP contribution in [0.25, 0.3) is 0 Å². The topological polar surface area (TPSA) is 112 Å². The van der Waals surface area contributed by atoms with Gasteiger partial charge < -0.3 is 15.4 Å². The summed E-state index contributed by atoms with van der Waals surface area (Å²) in [5.74, 6) is -0.0620. The number of ether oxygens (including phenoxy) is 1. The zero-order valence-electron chi connectivity index (χ0n) is 18.7. The number of hydrogen-bond acceptors (Lipinski definition) is 5. The Balaban J connectivity index is 1.47. The molecule has 1 aliphatic heterocycles. The average molecular weight is 454 g/mol. The quantitative estimate of drug-likeness (QED) is 0.546. The zero-order chi connectivity index (χ0) is 24.3. The maximum atomic E-state index is 13.1. The maximum absolute atomic E-state index is 13.1. The van der Waals surface area contributed by atoms with Crippen LogP contribution in [0, 0.1) is 18.3 Å². The molecule has 0 aliphatic carbocycles. The van der Waals surface area contributed by atoms with Crippen LogP contribution in [0.4, 0.5) is 10.5 Å². The first-order chi connectivity index (χ1) is 16.3. The molecular weight excluding hydrogens is 432 g/mol. The molecule has 1 fully saturated rings. The summed E-state index contributed by atoms with van der Waals surface area (Å²) < 4.78 is 5.89. The van der Waals surface area contributed by atoms with Crippen LogP contribution in [0.3, 0.4) is 0 Å². The molecular formula is C26H22N4O4. The zero-order valence-corrected chi connectivity index (χ0v) is 18.7. The van der Waals surface area contributed by atoms with E-state index in [0.29, 0.717) is 28.3 Å². The molecule has 3 aromatic rings. The van der Waals surface area contributed by atoms with E-state index in [4.69, 9.17) is 10.00 Å². The summed E-state index contributed by atoms with van der Waals surface area (Å²) in [6.45, 7) is 3.08. The minimum atomic E-state index is -1.34. The lowest BCUT2D eigenvalue weighted by atomic mass is 9.91. The van der Waals surface area contributed by atoms with Crippen LogP contribution < -0.4 is 15.4 Å². The Hall–Kier alpha value is -4.64. The maximum Gasteiger partial charge on any atom is 0.325 e. The van der Waals surface area contributed by atoms with Gasteiger partial charge in [-0.05, 0) is 55.8 Å². The van der Waals surface area contributed by atoms with Gasteiger partial charge in [-0.1, -0.05) is 42.0 Å². The van der Waals surface area contributed by atoms with Crippen LogP contribution >= 0.6 is 0 Å². The van der Waals surface area contributed by atoms with Crippen molar-refractivity contribution in [2.45, 2.75) is 19.4 Å². The second-order valence-electron chi connectivity index (χ2n) is 8.10. The van der Waals surface area contributed by atoms with Gasteiger partial charge in [0.1, 0.15) is 17.8 Å². The standard InChI is InChI=1S/C26H22N4O4/c1-17-7-13-20(14-8-17)34-22-6-4-3-5-21(22)28-23(31)16-30-24(32)26(2,29-25(30)33)19-11-9-18(15-27)10-12-19/h3-14H,16H2,1-2H3,(H,28,31)(H,29,33). The highest BCUT2D eigenvalue weighted by Gasteiger charge is 2.49. The highest BCUT2D eigenvalue weighted by atomic mass is 16.5. The highest BCUT2D eigenvalue weighted by molar-refractivity contribution is 6.10. The van der Waals surface area contributed by atoms with Crippen molar-refractivity contribution < 1.29 is 19.1 Å². The van der Waals surface area contributed by atoms with E-state index in [9.17, 15) is 14.4 Å². The Morgan fingerprint density at radius 1 is 1.06 bits per heavy atom. The molecule has 0 bridgehead atoms. The molecule has 0 saturated carbocycles. The first-order valence-corrected chi connectivity index (χ1v) is 10.6. The first kappa shape index (κ1) is 22.6. The number of nitrogens with one attached hydrogen (secondary N) is 2. The Morgan fingerprint density at radius 3 is 2.41 bits per heavy atom. The van der Waals surface area contributed by atoms with Gasteiger partial charge in [-0.25, -0.2) is 4.79 Å². The summed E-state index contributed by atoms with van der Waals surface area (Å²) in [4.78, 5) is 39.3. The van der Waals surface area contributed by atoms with E-state index in [0.717, 1.165) is 10.5 Å². The van der Waals surface area contributed by atoms with E-state index >= 15 is 0 Å². The number of para-hydroxylation sites is 2. The van der Waals surface area contributed by atoms with Crippen molar-refractivity contribution in [2.24, 2.45) is 0 Å². The highest BCUT2D eigenvalue weighted by Crippen LogP contribution is 2.31. The van der Waals surface area contributed by atoms with E-state index < -0.39 is 29.9 Å².